The van der Waals surface area contributed by atoms with Crippen molar-refractivity contribution in [2.75, 3.05) is 0 Å². The summed E-state index contributed by atoms with van der Waals surface area (Å²) in [7, 11) is 0. The molecule has 0 amide bonds. The Kier molecular flexibility index (Phi) is 22.2. The van der Waals surface area contributed by atoms with Gasteiger partial charge in [0, 0.05) is 0 Å². The molecule has 0 aliphatic rings. The Balaban J connectivity index is -0.000000108. The van der Waals surface area contributed by atoms with Crippen molar-refractivity contribution in [3.05, 3.63) is 35.5 Å². The topological polar surface area (TPSA) is 120 Å². The predicted octanol–water partition coefficient (Wildman–Crippen LogP) is -0.862. The molecule has 0 heterocycles. The number of rotatable bonds is 3. The van der Waals surface area contributed by atoms with Crippen molar-refractivity contribution in [1.82, 2.24) is 0 Å². The maximum Gasteiger partial charge on any atom is 3.00 e. The Morgan fingerprint density at radius 3 is 0.682 bits per heavy atom. The molecule has 0 N–H and O–H groups in total. The standard InChI is InChI=1S/3C5H8O2.Al/c3*1-4(6)3-5(2)7;/h3*3,6H,1-2H3;/q;;;+3/p-3/b3*4-3+;. The van der Waals surface area contributed by atoms with Crippen LogP contribution in [0.2, 0.25) is 0 Å². The van der Waals surface area contributed by atoms with Gasteiger partial charge in [-0.05, 0) is 39.0 Å². The number of carbonyl (C=O) groups is 3. The fourth-order valence-electron chi connectivity index (χ4n) is 0.859. The summed E-state index contributed by atoms with van der Waals surface area (Å²) >= 11 is 0. The first-order valence-electron chi connectivity index (χ1n) is 5.96. The van der Waals surface area contributed by atoms with Crippen LogP contribution in [0.15, 0.2) is 35.5 Å². The van der Waals surface area contributed by atoms with E-state index in [1.165, 1.54) is 41.5 Å². The van der Waals surface area contributed by atoms with Crippen LogP contribution in [0.5, 0.6) is 0 Å². The summed E-state index contributed by atoms with van der Waals surface area (Å²) in [6, 6.07) is 0. The largest absolute Gasteiger partial charge is 3.00 e. The summed E-state index contributed by atoms with van der Waals surface area (Å²) in [4.78, 5) is 29.9. The van der Waals surface area contributed by atoms with Crippen LogP contribution >= 0.6 is 0 Å². The minimum absolute atomic E-state index is 0. The maximum atomic E-state index is 9.98. The van der Waals surface area contributed by atoms with E-state index in [-0.39, 0.29) is 52.0 Å². The first kappa shape index (κ1) is 28.3. The number of hydrogen-bond acceptors (Lipinski definition) is 6. The molecule has 0 saturated carbocycles. The molecule has 0 aromatic carbocycles. The zero-order valence-electron chi connectivity index (χ0n) is 13.8. The van der Waals surface area contributed by atoms with E-state index in [2.05, 4.69) is 0 Å². The number of ketones is 3. The van der Waals surface area contributed by atoms with E-state index in [1.54, 1.807) is 0 Å². The second kappa shape index (κ2) is 17.2. The van der Waals surface area contributed by atoms with Gasteiger partial charge in [-0.25, -0.2) is 0 Å². The average molecular weight is 324 g/mol. The fourth-order valence-corrected chi connectivity index (χ4v) is 0.859. The van der Waals surface area contributed by atoms with Crippen LogP contribution in [0.4, 0.5) is 0 Å². The van der Waals surface area contributed by atoms with Crippen LogP contribution in [0.25, 0.3) is 0 Å². The normalized spacial score (nSPS) is 10.9. The summed E-state index contributed by atoms with van der Waals surface area (Å²) in [5, 5.41) is 29.9. The molecule has 6 nitrogen and oxygen atoms in total. The SMILES string of the molecule is CC(=O)/C=C(\C)[O-].CC(=O)/C=C(\C)[O-].CC(=O)/C=C(\C)[O-].[Al+3]. The molecule has 7 heteroatoms. The molecule has 0 aliphatic heterocycles. The number of hydrogen-bond donors (Lipinski definition) is 0. The molecule has 0 atom stereocenters. The third kappa shape index (κ3) is 51.8. The molecule has 0 saturated heterocycles. The van der Waals surface area contributed by atoms with Gasteiger partial charge in [-0.2, -0.15) is 0 Å². The summed E-state index contributed by atoms with van der Waals surface area (Å²) in [5.41, 5.74) is 0. The molecule has 120 valence electrons. The van der Waals surface area contributed by atoms with Crippen molar-refractivity contribution in [3.63, 3.8) is 0 Å². The molecule has 0 fully saturated rings. The van der Waals surface area contributed by atoms with Crippen LogP contribution in [0, 0.1) is 0 Å². The van der Waals surface area contributed by atoms with E-state index in [0.717, 1.165) is 18.2 Å². The van der Waals surface area contributed by atoms with Crippen molar-refractivity contribution in [1.29, 1.82) is 0 Å². The minimum atomic E-state index is -0.187. The van der Waals surface area contributed by atoms with Gasteiger partial charge in [-0.3, -0.25) is 14.4 Å². The first-order chi connectivity index (χ1) is 9.38. The van der Waals surface area contributed by atoms with E-state index in [9.17, 15) is 29.7 Å². The minimum Gasteiger partial charge on any atom is -0.876 e. The van der Waals surface area contributed by atoms with Gasteiger partial charge < -0.3 is 15.3 Å². The summed E-state index contributed by atoms with van der Waals surface area (Å²) in [6.45, 7) is 8.09. The van der Waals surface area contributed by atoms with Gasteiger partial charge in [0.2, 0.25) is 0 Å². The van der Waals surface area contributed by atoms with Crippen molar-refractivity contribution < 1.29 is 29.7 Å². The monoisotopic (exact) mass is 324 g/mol. The molecule has 22 heavy (non-hydrogen) atoms. The Morgan fingerprint density at radius 1 is 0.545 bits per heavy atom. The summed E-state index contributed by atoms with van der Waals surface area (Å²) in [5.74, 6) is -1.12. The third-order valence-electron chi connectivity index (χ3n) is 1.22. The van der Waals surface area contributed by atoms with Crippen molar-refractivity contribution in [3.8, 4) is 0 Å². The van der Waals surface area contributed by atoms with Gasteiger partial charge in [0.15, 0.2) is 17.3 Å². The van der Waals surface area contributed by atoms with E-state index in [4.69, 9.17) is 0 Å². The zero-order chi connectivity index (χ0) is 17.6. The van der Waals surface area contributed by atoms with Crippen LogP contribution in [0.1, 0.15) is 41.5 Å². The zero-order valence-corrected chi connectivity index (χ0v) is 14.9. The van der Waals surface area contributed by atoms with Crippen LogP contribution in [-0.4, -0.2) is 34.7 Å². The van der Waals surface area contributed by atoms with Crippen LogP contribution < -0.4 is 15.3 Å². The molecule has 0 unspecified atom stereocenters. The molecule has 0 spiro atoms. The van der Waals surface area contributed by atoms with E-state index in [0.29, 0.717) is 0 Å². The van der Waals surface area contributed by atoms with Crippen LogP contribution in [-0.2, 0) is 14.4 Å². The Bertz CT molecular complexity index is 368. The van der Waals surface area contributed by atoms with Gasteiger partial charge in [0.25, 0.3) is 0 Å². The Labute approximate surface area is 142 Å². The van der Waals surface area contributed by atoms with E-state index < -0.39 is 0 Å². The van der Waals surface area contributed by atoms with Gasteiger partial charge in [-0.1, -0.05) is 20.8 Å². The molecule has 0 rings (SSSR count). The van der Waals surface area contributed by atoms with Crippen molar-refractivity contribution in [2.24, 2.45) is 0 Å². The van der Waals surface area contributed by atoms with E-state index in [1.807, 2.05) is 0 Å². The van der Waals surface area contributed by atoms with Gasteiger partial charge in [-0.15, -0.1) is 17.3 Å². The summed E-state index contributed by atoms with van der Waals surface area (Å²) < 4.78 is 0. The molecule has 0 radical (unpaired) electrons. The fraction of sp³-hybridized carbons (Fsp3) is 0.400. The van der Waals surface area contributed by atoms with Crippen LogP contribution in [0.3, 0.4) is 0 Å². The quantitative estimate of drug-likeness (QED) is 0.378. The number of allylic oxidation sites excluding steroid dienone is 6. The number of carbonyl (C=O) groups excluding carboxylic acids is 3. The van der Waals surface area contributed by atoms with Crippen molar-refractivity contribution >= 4 is 34.7 Å². The molecular formula is C15H21AlO6. The van der Waals surface area contributed by atoms with Crippen molar-refractivity contribution in [2.45, 2.75) is 41.5 Å². The Morgan fingerprint density at radius 2 is 0.682 bits per heavy atom. The second-order valence-electron chi connectivity index (χ2n) is 4.10. The predicted molar refractivity (Wildman–Crippen MR) is 79.1 cm³/mol. The van der Waals surface area contributed by atoms with E-state index >= 15 is 0 Å². The van der Waals surface area contributed by atoms with Gasteiger partial charge in [0.05, 0.1) is 0 Å². The molecule has 0 bridgehead atoms. The second-order valence-corrected chi connectivity index (χ2v) is 4.10. The smallest absolute Gasteiger partial charge is 0.876 e. The van der Waals surface area contributed by atoms with Gasteiger partial charge >= 0.3 is 17.4 Å². The average Bonchev–Trinajstić information content (AvgIpc) is 2.10. The Hall–Kier alpha value is -1.84. The first-order valence-corrected chi connectivity index (χ1v) is 5.96. The maximum absolute atomic E-state index is 9.98. The molecule has 0 aliphatic carbocycles. The third-order valence-corrected chi connectivity index (χ3v) is 1.22. The summed E-state index contributed by atoms with van der Waals surface area (Å²) in [6.07, 6.45) is 3.17. The molecule has 0 aromatic heterocycles. The molecule has 0 aromatic rings. The van der Waals surface area contributed by atoms with Gasteiger partial charge in [0.1, 0.15) is 0 Å². The molecular weight excluding hydrogens is 303 g/mol.